The molecule has 3 rings (SSSR count). The first-order valence-corrected chi connectivity index (χ1v) is 9.69. The molecule has 1 aliphatic rings. The molecule has 0 fully saturated rings. The highest BCUT2D eigenvalue weighted by molar-refractivity contribution is 6.05. The molecule has 2 N–H and O–H groups in total. The van der Waals surface area contributed by atoms with Crippen LogP contribution in [0.2, 0.25) is 0 Å². The first-order valence-electron chi connectivity index (χ1n) is 9.69. The second kappa shape index (κ2) is 7.94. The summed E-state index contributed by atoms with van der Waals surface area (Å²) in [6, 6.07) is 6.02. The number of rotatable bonds is 5. The molecule has 6 heteroatoms. The lowest BCUT2D eigenvalue weighted by Crippen LogP contribution is -2.34. The van der Waals surface area contributed by atoms with Crippen LogP contribution >= 0.6 is 0 Å². The van der Waals surface area contributed by atoms with Crippen LogP contribution in [0.4, 0.5) is 5.69 Å². The van der Waals surface area contributed by atoms with Crippen molar-refractivity contribution in [3.8, 4) is 0 Å². The normalized spacial score (nSPS) is 14.4. The van der Waals surface area contributed by atoms with E-state index in [1.807, 2.05) is 50.5 Å². The molecular weight excluding hydrogens is 340 g/mol. The van der Waals surface area contributed by atoms with Crippen molar-refractivity contribution >= 4 is 17.5 Å². The molecule has 1 unspecified atom stereocenters. The summed E-state index contributed by atoms with van der Waals surface area (Å²) >= 11 is 0. The molecule has 27 heavy (non-hydrogen) atoms. The van der Waals surface area contributed by atoms with E-state index >= 15 is 0 Å². The molecule has 2 amide bonds. The zero-order valence-electron chi connectivity index (χ0n) is 16.6. The molecule has 1 atom stereocenters. The van der Waals surface area contributed by atoms with Crippen LogP contribution in [0.5, 0.6) is 0 Å². The summed E-state index contributed by atoms with van der Waals surface area (Å²) in [6.07, 6.45) is 3.60. The summed E-state index contributed by atoms with van der Waals surface area (Å²) in [5, 5.41) is 5.94. The fourth-order valence-electron chi connectivity index (χ4n) is 3.34. The number of nitrogens with zero attached hydrogens (tertiary/aromatic N) is 2. The highest BCUT2D eigenvalue weighted by Gasteiger charge is 2.28. The molecule has 6 nitrogen and oxygen atoms in total. The van der Waals surface area contributed by atoms with Crippen LogP contribution in [0, 0.1) is 13.8 Å². The van der Waals surface area contributed by atoms with Gasteiger partial charge in [0.25, 0.3) is 11.8 Å². The van der Waals surface area contributed by atoms with Gasteiger partial charge in [0.2, 0.25) is 0 Å². The van der Waals surface area contributed by atoms with E-state index in [-0.39, 0.29) is 17.9 Å². The number of fused-ring (bicyclic) bond motifs is 1. The Morgan fingerprint density at radius 3 is 2.74 bits per heavy atom. The van der Waals surface area contributed by atoms with Crippen LogP contribution < -0.4 is 10.6 Å². The topological polar surface area (TPSA) is 76.0 Å². The predicted octanol–water partition coefficient (Wildman–Crippen LogP) is 3.62. The minimum Gasteiger partial charge on any atom is -0.347 e. The van der Waals surface area contributed by atoms with Gasteiger partial charge in [-0.15, -0.1) is 0 Å². The smallest absolute Gasteiger partial charge is 0.287 e. The monoisotopic (exact) mass is 368 g/mol. The van der Waals surface area contributed by atoms with Crippen molar-refractivity contribution in [2.45, 2.75) is 66.0 Å². The van der Waals surface area contributed by atoms with E-state index in [9.17, 15) is 9.59 Å². The van der Waals surface area contributed by atoms with Gasteiger partial charge in [0.1, 0.15) is 0 Å². The number of anilines is 1. The van der Waals surface area contributed by atoms with Crippen molar-refractivity contribution < 1.29 is 9.59 Å². The second-order valence-electron chi connectivity index (χ2n) is 7.39. The van der Waals surface area contributed by atoms with Gasteiger partial charge in [-0.1, -0.05) is 19.1 Å². The zero-order chi connectivity index (χ0) is 19.6. The van der Waals surface area contributed by atoms with E-state index in [1.165, 1.54) is 0 Å². The van der Waals surface area contributed by atoms with Crippen molar-refractivity contribution in [3.05, 3.63) is 46.5 Å². The first kappa shape index (κ1) is 19.1. The number of aryl methyl sites for hydroxylation is 2. The van der Waals surface area contributed by atoms with E-state index in [0.717, 1.165) is 54.7 Å². The third-order valence-electron chi connectivity index (χ3n) is 5.17. The molecular formula is C21H28N4O2. The molecule has 0 saturated carbocycles. The molecule has 0 bridgehead atoms. The van der Waals surface area contributed by atoms with Crippen molar-refractivity contribution in [3.63, 3.8) is 0 Å². The van der Waals surface area contributed by atoms with Crippen LogP contribution in [0.25, 0.3) is 0 Å². The zero-order valence-corrected chi connectivity index (χ0v) is 16.6. The Kier molecular flexibility index (Phi) is 5.63. The fraction of sp³-hybridized carbons (Fsp3) is 0.476. The number of aromatic nitrogens is 2. The van der Waals surface area contributed by atoms with Crippen LogP contribution in [0.3, 0.4) is 0 Å². The Balaban J connectivity index is 1.92. The summed E-state index contributed by atoms with van der Waals surface area (Å²) in [5.74, 6) is -0.119. The van der Waals surface area contributed by atoms with Crippen LogP contribution in [0.1, 0.15) is 71.0 Å². The van der Waals surface area contributed by atoms with Crippen molar-refractivity contribution in [2.75, 3.05) is 5.32 Å². The third-order valence-corrected chi connectivity index (χ3v) is 5.17. The number of carbonyl (C=O) groups excluding carboxylic acids is 2. The Labute approximate surface area is 160 Å². The van der Waals surface area contributed by atoms with E-state index in [0.29, 0.717) is 11.5 Å². The number of carbonyl (C=O) groups is 2. The Morgan fingerprint density at radius 1 is 1.22 bits per heavy atom. The maximum absolute atomic E-state index is 12.9. The summed E-state index contributed by atoms with van der Waals surface area (Å²) in [6.45, 7) is 8.66. The molecule has 0 aliphatic carbocycles. The van der Waals surface area contributed by atoms with Gasteiger partial charge in [-0.05, 0) is 63.6 Å². The molecule has 0 radical (unpaired) electrons. The predicted molar refractivity (Wildman–Crippen MR) is 106 cm³/mol. The lowest BCUT2D eigenvalue weighted by Gasteiger charge is -2.18. The van der Waals surface area contributed by atoms with Crippen molar-refractivity contribution in [1.29, 1.82) is 0 Å². The van der Waals surface area contributed by atoms with Crippen LogP contribution in [-0.2, 0) is 13.0 Å². The fourth-order valence-corrected chi connectivity index (χ4v) is 3.34. The van der Waals surface area contributed by atoms with Crippen molar-refractivity contribution in [1.82, 2.24) is 14.9 Å². The van der Waals surface area contributed by atoms with Gasteiger partial charge in [0.15, 0.2) is 11.5 Å². The van der Waals surface area contributed by atoms with Gasteiger partial charge >= 0.3 is 0 Å². The quantitative estimate of drug-likeness (QED) is 0.846. The molecule has 1 aromatic heterocycles. The molecule has 1 aliphatic heterocycles. The van der Waals surface area contributed by atoms with E-state index < -0.39 is 0 Å². The van der Waals surface area contributed by atoms with Crippen molar-refractivity contribution in [2.24, 2.45) is 0 Å². The second-order valence-corrected chi connectivity index (χ2v) is 7.39. The molecule has 0 saturated heterocycles. The number of nitrogens with one attached hydrogen (secondary N) is 2. The van der Waals surface area contributed by atoms with Gasteiger partial charge < -0.3 is 15.2 Å². The summed E-state index contributed by atoms with van der Waals surface area (Å²) < 4.78 is 1.92. The summed E-state index contributed by atoms with van der Waals surface area (Å²) in [5.41, 5.74) is 4.08. The largest absolute Gasteiger partial charge is 0.347 e. The Hall–Kier alpha value is -2.63. The standard InChI is InChI=1S/C21H28N4O2/c1-5-15(4)22-21(27)19-24-18(17-8-6-7-11-25(17)19)20(26)23-16-12-13(2)9-10-14(16)3/h9-10,12,15H,5-8,11H2,1-4H3,(H,22,27)(H,23,26). The van der Waals surface area contributed by atoms with E-state index in [4.69, 9.17) is 0 Å². The maximum Gasteiger partial charge on any atom is 0.287 e. The number of hydrogen-bond acceptors (Lipinski definition) is 3. The maximum atomic E-state index is 12.9. The molecule has 0 spiro atoms. The summed E-state index contributed by atoms with van der Waals surface area (Å²) in [4.78, 5) is 30.1. The highest BCUT2D eigenvalue weighted by Crippen LogP contribution is 2.23. The van der Waals surface area contributed by atoms with Crippen LogP contribution in [0.15, 0.2) is 18.2 Å². The Bertz CT molecular complexity index is 869. The lowest BCUT2D eigenvalue weighted by atomic mass is 10.1. The minimum absolute atomic E-state index is 0.0706. The molecule has 2 aromatic rings. The van der Waals surface area contributed by atoms with Gasteiger partial charge in [-0.25, -0.2) is 4.98 Å². The van der Waals surface area contributed by atoms with E-state index in [1.54, 1.807) is 0 Å². The Morgan fingerprint density at radius 2 is 2.00 bits per heavy atom. The third kappa shape index (κ3) is 4.04. The molecule has 1 aromatic carbocycles. The number of imidazole rings is 1. The number of hydrogen-bond donors (Lipinski definition) is 2. The highest BCUT2D eigenvalue weighted by atomic mass is 16.2. The van der Waals surface area contributed by atoms with E-state index in [2.05, 4.69) is 15.6 Å². The SMILES string of the molecule is CCC(C)NC(=O)c1nc(C(=O)Nc2cc(C)ccc2C)c2n1CCCC2. The van der Waals surface area contributed by atoms with Gasteiger partial charge in [0.05, 0.1) is 5.69 Å². The van der Waals surface area contributed by atoms with Gasteiger partial charge in [0, 0.05) is 18.3 Å². The van der Waals surface area contributed by atoms with Gasteiger partial charge in [-0.2, -0.15) is 0 Å². The summed E-state index contributed by atoms with van der Waals surface area (Å²) in [7, 11) is 0. The lowest BCUT2D eigenvalue weighted by molar-refractivity contribution is 0.0923. The average molecular weight is 368 g/mol. The first-order chi connectivity index (χ1) is 12.9. The van der Waals surface area contributed by atoms with Crippen LogP contribution in [-0.4, -0.2) is 27.4 Å². The van der Waals surface area contributed by atoms with Gasteiger partial charge in [-0.3, -0.25) is 9.59 Å². The average Bonchev–Trinajstić information content (AvgIpc) is 3.04. The molecule has 2 heterocycles. The molecule has 144 valence electrons. The number of benzene rings is 1. The minimum atomic E-state index is -0.253. The number of amides is 2.